The van der Waals surface area contributed by atoms with E-state index in [1.54, 1.807) is 12.0 Å². The number of nitrogens with one attached hydrogen (secondary N) is 1. The quantitative estimate of drug-likeness (QED) is 0.813. The maximum absolute atomic E-state index is 13.6. The van der Waals surface area contributed by atoms with Gasteiger partial charge in [-0.05, 0) is 37.5 Å². The van der Waals surface area contributed by atoms with Gasteiger partial charge in [0.15, 0.2) is 0 Å². The summed E-state index contributed by atoms with van der Waals surface area (Å²) >= 11 is 0. The van der Waals surface area contributed by atoms with E-state index in [1.165, 1.54) is 6.42 Å². The summed E-state index contributed by atoms with van der Waals surface area (Å²) in [6.07, 6.45) is 6.05. The van der Waals surface area contributed by atoms with E-state index in [2.05, 4.69) is 5.32 Å². The lowest BCUT2D eigenvalue weighted by Gasteiger charge is -2.45. The molecule has 0 spiro atoms. The summed E-state index contributed by atoms with van der Waals surface area (Å²) in [6, 6.07) is 15.5. The molecule has 1 atom stereocenters. The standard InChI is InChI=1S/C25H30N2O3/c1-25(24(29)26-20-12-4-3-5-13-20)16-18-10-6-8-14-21(18)23(28)27(25)17-19-11-7-9-15-22(19)30-2/h6-11,14-15,20H,3-5,12-13,16-17H2,1-2H3,(H,26,29)/t25-/m0/s1. The van der Waals surface area contributed by atoms with Crippen LogP contribution in [0.2, 0.25) is 0 Å². The fourth-order valence-electron chi connectivity index (χ4n) is 4.76. The second-order valence-corrected chi connectivity index (χ2v) is 8.62. The zero-order valence-corrected chi connectivity index (χ0v) is 17.8. The number of benzene rings is 2. The van der Waals surface area contributed by atoms with E-state index in [0.29, 0.717) is 18.5 Å². The molecule has 0 unspecified atom stereocenters. The first-order valence-electron chi connectivity index (χ1n) is 10.9. The molecule has 1 heterocycles. The van der Waals surface area contributed by atoms with Crippen molar-refractivity contribution in [3.63, 3.8) is 0 Å². The average molecular weight is 407 g/mol. The third kappa shape index (κ3) is 3.81. The zero-order chi connectivity index (χ0) is 21.1. The van der Waals surface area contributed by atoms with Gasteiger partial charge in [0.05, 0.1) is 13.7 Å². The Balaban J connectivity index is 1.69. The lowest BCUT2D eigenvalue weighted by atomic mass is 9.82. The van der Waals surface area contributed by atoms with Crippen molar-refractivity contribution in [3.05, 3.63) is 65.2 Å². The van der Waals surface area contributed by atoms with Crippen LogP contribution in [0.25, 0.3) is 0 Å². The highest BCUT2D eigenvalue weighted by atomic mass is 16.5. The molecule has 0 bridgehead atoms. The van der Waals surface area contributed by atoms with E-state index in [4.69, 9.17) is 4.74 Å². The molecule has 0 saturated heterocycles. The number of carbonyl (C=O) groups excluding carboxylic acids is 2. The lowest BCUT2D eigenvalue weighted by molar-refractivity contribution is -0.133. The van der Waals surface area contributed by atoms with Crippen molar-refractivity contribution >= 4 is 11.8 Å². The smallest absolute Gasteiger partial charge is 0.255 e. The highest BCUT2D eigenvalue weighted by Gasteiger charge is 2.47. The van der Waals surface area contributed by atoms with Gasteiger partial charge < -0.3 is 15.0 Å². The predicted molar refractivity (Wildman–Crippen MR) is 116 cm³/mol. The predicted octanol–water partition coefficient (Wildman–Crippen LogP) is 4.10. The van der Waals surface area contributed by atoms with Gasteiger partial charge in [-0.25, -0.2) is 0 Å². The first-order chi connectivity index (χ1) is 14.5. The number of ether oxygens (including phenoxy) is 1. The SMILES string of the molecule is COc1ccccc1CN1C(=O)c2ccccc2C[C@@]1(C)C(=O)NC1CCCCC1. The Labute approximate surface area is 178 Å². The van der Waals surface area contributed by atoms with Crippen molar-refractivity contribution in [1.29, 1.82) is 0 Å². The molecule has 4 rings (SSSR count). The van der Waals surface area contributed by atoms with E-state index in [-0.39, 0.29) is 17.9 Å². The number of carbonyl (C=O) groups is 2. The van der Waals surface area contributed by atoms with E-state index in [9.17, 15) is 9.59 Å². The van der Waals surface area contributed by atoms with Gasteiger partial charge in [0.1, 0.15) is 11.3 Å². The molecule has 1 N–H and O–H groups in total. The number of nitrogens with zero attached hydrogens (tertiary/aromatic N) is 1. The number of para-hydroxylation sites is 1. The molecule has 2 aromatic carbocycles. The molecule has 1 aliphatic heterocycles. The molecule has 5 nitrogen and oxygen atoms in total. The number of amides is 2. The van der Waals surface area contributed by atoms with Gasteiger partial charge in [0.25, 0.3) is 5.91 Å². The Morgan fingerprint density at radius 3 is 2.57 bits per heavy atom. The Kier molecular flexibility index (Phi) is 5.80. The first-order valence-corrected chi connectivity index (χ1v) is 10.9. The molecule has 1 fully saturated rings. The monoisotopic (exact) mass is 406 g/mol. The summed E-state index contributed by atoms with van der Waals surface area (Å²) < 4.78 is 5.50. The van der Waals surface area contributed by atoms with Crippen LogP contribution in [-0.4, -0.2) is 35.4 Å². The highest BCUT2D eigenvalue weighted by molar-refractivity contribution is 6.02. The van der Waals surface area contributed by atoms with Crippen molar-refractivity contribution in [2.45, 2.75) is 63.6 Å². The molecule has 1 aliphatic carbocycles. The minimum atomic E-state index is -0.955. The summed E-state index contributed by atoms with van der Waals surface area (Å²) in [4.78, 5) is 28.8. The average Bonchev–Trinajstić information content (AvgIpc) is 2.77. The van der Waals surface area contributed by atoms with Gasteiger partial charge in [-0.1, -0.05) is 55.7 Å². The van der Waals surface area contributed by atoms with E-state index in [0.717, 1.165) is 42.6 Å². The lowest BCUT2D eigenvalue weighted by Crippen LogP contribution is -2.63. The van der Waals surface area contributed by atoms with Crippen LogP contribution in [0.5, 0.6) is 5.75 Å². The Morgan fingerprint density at radius 1 is 1.10 bits per heavy atom. The number of methoxy groups -OCH3 is 1. The van der Waals surface area contributed by atoms with Crippen LogP contribution < -0.4 is 10.1 Å². The van der Waals surface area contributed by atoms with Crippen molar-refractivity contribution < 1.29 is 14.3 Å². The molecule has 5 heteroatoms. The summed E-state index contributed by atoms with van der Waals surface area (Å²) in [6.45, 7) is 2.22. The summed E-state index contributed by atoms with van der Waals surface area (Å²) in [5.41, 5.74) is 1.55. The zero-order valence-electron chi connectivity index (χ0n) is 17.8. The Morgan fingerprint density at radius 2 is 1.80 bits per heavy atom. The van der Waals surface area contributed by atoms with Crippen LogP contribution in [0.15, 0.2) is 48.5 Å². The van der Waals surface area contributed by atoms with Crippen LogP contribution in [0.3, 0.4) is 0 Å². The Hall–Kier alpha value is -2.82. The maximum atomic E-state index is 13.6. The maximum Gasteiger partial charge on any atom is 0.255 e. The minimum absolute atomic E-state index is 0.0628. The third-order valence-corrected chi connectivity index (χ3v) is 6.57. The molecule has 2 aromatic rings. The second kappa shape index (κ2) is 8.50. The summed E-state index contributed by atoms with van der Waals surface area (Å²) in [5, 5.41) is 3.26. The van der Waals surface area contributed by atoms with Crippen LogP contribution >= 0.6 is 0 Å². The normalized spacial score (nSPS) is 21.8. The molecule has 158 valence electrons. The van der Waals surface area contributed by atoms with Gasteiger partial charge in [-0.3, -0.25) is 9.59 Å². The molecule has 1 saturated carbocycles. The summed E-state index contributed by atoms with van der Waals surface area (Å²) in [7, 11) is 1.63. The fraction of sp³-hybridized carbons (Fsp3) is 0.440. The largest absolute Gasteiger partial charge is 0.496 e. The van der Waals surface area contributed by atoms with Gasteiger partial charge in [0, 0.05) is 23.6 Å². The number of hydrogen-bond donors (Lipinski definition) is 1. The first kappa shape index (κ1) is 20.5. The Bertz CT molecular complexity index is 935. The van der Waals surface area contributed by atoms with Crippen molar-refractivity contribution in [2.75, 3.05) is 7.11 Å². The summed E-state index contributed by atoms with van der Waals surface area (Å²) in [5.74, 6) is 0.551. The molecule has 2 amide bonds. The number of hydrogen-bond acceptors (Lipinski definition) is 3. The molecular formula is C25H30N2O3. The van der Waals surface area contributed by atoms with Gasteiger partial charge in [-0.15, -0.1) is 0 Å². The molecule has 0 aromatic heterocycles. The van der Waals surface area contributed by atoms with Crippen LogP contribution in [-0.2, 0) is 17.8 Å². The third-order valence-electron chi connectivity index (χ3n) is 6.57. The topological polar surface area (TPSA) is 58.6 Å². The fourth-order valence-corrected chi connectivity index (χ4v) is 4.76. The molecule has 30 heavy (non-hydrogen) atoms. The van der Waals surface area contributed by atoms with Crippen LogP contribution in [0.1, 0.15) is 60.5 Å². The van der Waals surface area contributed by atoms with Crippen LogP contribution in [0.4, 0.5) is 0 Å². The van der Waals surface area contributed by atoms with Crippen molar-refractivity contribution in [1.82, 2.24) is 10.2 Å². The molecule has 2 aliphatic rings. The van der Waals surface area contributed by atoms with E-state index >= 15 is 0 Å². The molecule has 0 radical (unpaired) electrons. The van der Waals surface area contributed by atoms with Gasteiger partial charge in [-0.2, -0.15) is 0 Å². The highest BCUT2D eigenvalue weighted by Crippen LogP contribution is 2.34. The number of rotatable bonds is 5. The van der Waals surface area contributed by atoms with Crippen molar-refractivity contribution in [2.24, 2.45) is 0 Å². The van der Waals surface area contributed by atoms with Gasteiger partial charge in [0.2, 0.25) is 5.91 Å². The van der Waals surface area contributed by atoms with Crippen LogP contribution in [0, 0.1) is 0 Å². The van der Waals surface area contributed by atoms with E-state index in [1.807, 2.05) is 55.5 Å². The van der Waals surface area contributed by atoms with Crippen molar-refractivity contribution in [3.8, 4) is 5.75 Å². The van der Waals surface area contributed by atoms with Gasteiger partial charge >= 0.3 is 0 Å². The molecular weight excluding hydrogens is 376 g/mol. The second-order valence-electron chi connectivity index (χ2n) is 8.62. The number of fused-ring (bicyclic) bond motifs is 1. The minimum Gasteiger partial charge on any atom is -0.496 e. The van der Waals surface area contributed by atoms with E-state index < -0.39 is 5.54 Å².